The Morgan fingerprint density at radius 3 is 2.82 bits per heavy atom. The van der Waals surface area contributed by atoms with Crippen molar-refractivity contribution in [2.24, 2.45) is 17.8 Å². The number of aliphatic carboxylic acids is 1. The van der Waals surface area contributed by atoms with E-state index in [1.807, 2.05) is 0 Å². The minimum atomic E-state index is -0.632. The normalized spacial score (nSPS) is 24.4. The SMILES string of the molecule is Cc1ccc(CC(C)C2CC2C(=O)O)cc1Br. The molecule has 3 unspecified atom stereocenters. The number of hydrogen-bond donors (Lipinski definition) is 1. The van der Waals surface area contributed by atoms with Gasteiger partial charge in [-0.15, -0.1) is 0 Å². The molecule has 3 atom stereocenters. The lowest BCUT2D eigenvalue weighted by atomic mass is 9.95. The number of carboxylic acids is 1. The van der Waals surface area contributed by atoms with Gasteiger partial charge in [-0.1, -0.05) is 35.0 Å². The van der Waals surface area contributed by atoms with E-state index in [9.17, 15) is 4.79 Å². The molecule has 1 N–H and O–H groups in total. The van der Waals surface area contributed by atoms with Gasteiger partial charge in [-0.05, 0) is 48.8 Å². The lowest BCUT2D eigenvalue weighted by Crippen LogP contribution is -2.08. The third-order valence-corrected chi connectivity index (χ3v) is 4.54. The van der Waals surface area contributed by atoms with Crippen molar-refractivity contribution in [1.82, 2.24) is 0 Å². The van der Waals surface area contributed by atoms with Crippen molar-refractivity contribution in [2.45, 2.75) is 26.7 Å². The molecule has 0 saturated heterocycles. The number of rotatable bonds is 4. The second kappa shape index (κ2) is 4.81. The summed E-state index contributed by atoms with van der Waals surface area (Å²) in [6.07, 6.45) is 1.82. The van der Waals surface area contributed by atoms with E-state index < -0.39 is 5.97 Å². The maximum atomic E-state index is 10.8. The molecule has 0 bridgehead atoms. The summed E-state index contributed by atoms with van der Waals surface area (Å²) in [5.74, 6) is 0.0871. The number of aryl methyl sites for hydroxylation is 1. The van der Waals surface area contributed by atoms with Crippen LogP contribution < -0.4 is 0 Å². The van der Waals surface area contributed by atoms with Crippen LogP contribution >= 0.6 is 15.9 Å². The molecule has 0 amide bonds. The smallest absolute Gasteiger partial charge is 0.306 e. The molecule has 0 heterocycles. The predicted octanol–water partition coefficient (Wildman–Crippen LogP) is 3.66. The van der Waals surface area contributed by atoms with Crippen LogP contribution in [0.4, 0.5) is 0 Å². The van der Waals surface area contributed by atoms with Gasteiger partial charge in [0.25, 0.3) is 0 Å². The van der Waals surface area contributed by atoms with Gasteiger partial charge in [-0.2, -0.15) is 0 Å². The highest BCUT2D eigenvalue weighted by molar-refractivity contribution is 9.10. The highest BCUT2D eigenvalue weighted by atomic mass is 79.9. The second-order valence-corrected chi connectivity index (χ2v) is 5.96. The molecule has 92 valence electrons. The molecule has 1 saturated carbocycles. The lowest BCUT2D eigenvalue weighted by Gasteiger charge is -2.11. The first-order valence-corrected chi connectivity index (χ1v) is 6.76. The topological polar surface area (TPSA) is 37.3 Å². The zero-order chi connectivity index (χ0) is 12.6. The van der Waals surface area contributed by atoms with Gasteiger partial charge in [0.1, 0.15) is 0 Å². The van der Waals surface area contributed by atoms with E-state index in [1.54, 1.807) is 0 Å². The van der Waals surface area contributed by atoms with Crippen molar-refractivity contribution in [1.29, 1.82) is 0 Å². The van der Waals surface area contributed by atoms with Gasteiger partial charge in [0, 0.05) is 4.47 Å². The fourth-order valence-electron chi connectivity index (χ4n) is 2.41. The molecule has 0 aromatic heterocycles. The molecule has 0 aliphatic heterocycles. The highest BCUT2D eigenvalue weighted by Gasteiger charge is 2.45. The summed E-state index contributed by atoms with van der Waals surface area (Å²) < 4.78 is 1.13. The van der Waals surface area contributed by atoms with Crippen LogP contribution in [0.1, 0.15) is 24.5 Å². The number of halogens is 1. The zero-order valence-corrected chi connectivity index (χ0v) is 11.7. The van der Waals surface area contributed by atoms with Crippen LogP contribution in [-0.2, 0) is 11.2 Å². The summed E-state index contributed by atoms with van der Waals surface area (Å²) in [6, 6.07) is 6.38. The van der Waals surface area contributed by atoms with Gasteiger partial charge in [0.2, 0.25) is 0 Å². The van der Waals surface area contributed by atoms with Crippen LogP contribution in [0.2, 0.25) is 0 Å². The van der Waals surface area contributed by atoms with Crippen molar-refractivity contribution in [3.05, 3.63) is 33.8 Å². The first kappa shape index (κ1) is 12.6. The van der Waals surface area contributed by atoms with Crippen molar-refractivity contribution in [3.8, 4) is 0 Å². The van der Waals surface area contributed by atoms with Gasteiger partial charge in [0.05, 0.1) is 5.92 Å². The van der Waals surface area contributed by atoms with Crippen LogP contribution in [-0.4, -0.2) is 11.1 Å². The molecule has 0 spiro atoms. The van der Waals surface area contributed by atoms with E-state index in [1.165, 1.54) is 11.1 Å². The Morgan fingerprint density at radius 2 is 2.29 bits per heavy atom. The van der Waals surface area contributed by atoms with Crippen LogP contribution in [0.15, 0.2) is 22.7 Å². The average Bonchev–Trinajstić information content (AvgIpc) is 3.03. The summed E-state index contributed by atoms with van der Waals surface area (Å²) in [6.45, 7) is 4.22. The maximum absolute atomic E-state index is 10.8. The van der Waals surface area contributed by atoms with Crippen LogP contribution in [0.25, 0.3) is 0 Å². The Balaban J connectivity index is 1.97. The Morgan fingerprint density at radius 1 is 1.59 bits per heavy atom. The van der Waals surface area contributed by atoms with Crippen molar-refractivity contribution in [3.63, 3.8) is 0 Å². The van der Waals surface area contributed by atoms with E-state index in [4.69, 9.17) is 5.11 Å². The molecule has 2 rings (SSSR count). The standard InChI is InChI=1S/C14H17BrO2/c1-8-3-4-10(6-13(8)15)5-9(2)11-7-12(11)14(16)17/h3-4,6,9,11-12H,5,7H2,1-2H3,(H,16,17). The van der Waals surface area contributed by atoms with E-state index in [-0.39, 0.29) is 5.92 Å². The molecular weight excluding hydrogens is 280 g/mol. The lowest BCUT2D eigenvalue weighted by molar-refractivity contribution is -0.139. The summed E-state index contributed by atoms with van der Waals surface area (Å²) in [7, 11) is 0. The molecule has 1 aliphatic carbocycles. The highest BCUT2D eigenvalue weighted by Crippen LogP contribution is 2.45. The molecule has 1 aromatic rings. The monoisotopic (exact) mass is 296 g/mol. The summed E-state index contributed by atoms with van der Waals surface area (Å²) in [4.78, 5) is 10.8. The van der Waals surface area contributed by atoms with Crippen molar-refractivity contribution in [2.75, 3.05) is 0 Å². The zero-order valence-electron chi connectivity index (χ0n) is 10.1. The Bertz CT molecular complexity index is 442. The average molecular weight is 297 g/mol. The van der Waals surface area contributed by atoms with Crippen LogP contribution in [0.5, 0.6) is 0 Å². The van der Waals surface area contributed by atoms with Gasteiger partial charge >= 0.3 is 5.97 Å². The quantitative estimate of drug-likeness (QED) is 0.921. The number of benzene rings is 1. The second-order valence-electron chi connectivity index (χ2n) is 5.11. The van der Waals surface area contributed by atoms with Gasteiger partial charge in [-0.25, -0.2) is 0 Å². The minimum absolute atomic E-state index is 0.0983. The van der Waals surface area contributed by atoms with Crippen LogP contribution in [0, 0.1) is 24.7 Å². The maximum Gasteiger partial charge on any atom is 0.306 e. The molecule has 3 heteroatoms. The summed E-state index contributed by atoms with van der Waals surface area (Å²) in [5.41, 5.74) is 2.52. The Labute approximate surface area is 110 Å². The fourth-order valence-corrected chi connectivity index (χ4v) is 2.84. The van der Waals surface area contributed by atoms with E-state index in [0.717, 1.165) is 17.3 Å². The van der Waals surface area contributed by atoms with E-state index in [0.29, 0.717) is 11.8 Å². The molecule has 2 nitrogen and oxygen atoms in total. The minimum Gasteiger partial charge on any atom is -0.481 e. The Kier molecular flexibility index (Phi) is 3.57. The largest absolute Gasteiger partial charge is 0.481 e. The predicted molar refractivity (Wildman–Crippen MR) is 71.0 cm³/mol. The van der Waals surface area contributed by atoms with Crippen molar-refractivity contribution >= 4 is 21.9 Å². The molecule has 1 aromatic carbocycles. The molecule has 1 aliphatic rings. The first-order chi connectivity index (χ1) is 7.99. The molecular formula is C14H17BrO2. The number of carbonyl (C=O) groups is 1. The summed E-state index contributed by atoms with van der Waals surface area (Å²) >= 11 is 3.53. The van der Waals surface area contributed by atoms with E-state index in [2.05, 4.69) is 48.0 Å². The fraction of sp³-hybridized carbons (Fsp3) is 0.500. The molecule has 0 radical (unpaired) electrons. The molecule has 1 fully saturated rings. The first-order valence-electron chi connectivity index (χ1n) is 5.97. The van der Waals surface area contributed by atoms with Crippen molar-refractivity contribution < 1.29 is 9.90 Å². The Hall–Kier alpha value is -0.830. The third kappa shape index (κ3) is 2.89. The summed E-state index contributed by atoms with van der Waals surface area (Å²) in [5, 5.41) is 8.91. The van der Waals surface area contributed by atoms with Gasteiger partial charge in [0.15, 0.2) is 0 Å². The van der Waals surface area contributed by atoms with E-state index >= 15 is 0 Å². The third-order valence-electron chi connectivity index (χ3n) is 3.68. The van der Waals surface area contributed by atoms with Crippen LogP contribution in [0.3, 0.4) is 0 Å². The number of hydrogen-bond acceptors (Lipinski definition) is 1. The van der Waals surface area contributed by atoms with Gasteiger partial charge in [-0.3, -0.25) is 4.79 Å². The number of carboxylic acid groups (broad SMARTS) is 1. The molecule has 17 heavy (non-hydrogen) atoms. The van der Waals surface area contributed by atoms with Gasteiger partial charge < -0.3 is 5.11 Å².